The summed E-state index contributed by atoms with van der Waals surface area (Å²) >= 11 is 5.74. The molecule has 0 saturated heterocycles. The van der Waals surface area contributed by atoms with Gasteiger partial charge in [-0.25, -0.2) is 0 Å². The van der Waals surface area contributed by atoms with Crippen molar-refractivity contribution in [3.63, 3.8) is 0 Å². The monoisotopic (exact) mass is 245 g/mol. The van der Waals surface area contributed by atoms with Gasteiger partial charge in [-0.15, -0.1) is 0 Å². The van der Waals surface area contributed by atoms with E-state index in [-0.39, 0.29) is 5.78 Å². The molecule has 2 rings (SSSR count). The molecule has 0 aliphatic heterocycles. The molecule has 0 aliphatic carbocycles. The predicted molar refractivity (Wildman–Crippen MR) is 68.6 cm³/mol. The van der Waals surface area contributed by atoms with Crippen LogP contribution in [0, 0.1) is 13.8 Å². The average Bonchev–Trinajstić information content (AvgIpc) is 2.29. The van der Waals surface area contributed by atoms with Crippen LogP contribution in [0.1, 0.15) is 27.2 Å². The lowest BCUT2D eigenvalue weighted by molar-refractivity contribution is 0.103. The molecular formula is C14H12ClNO. The van der Waals surface area contributed by atoms with E-state index in [0.29, 0.717) is 16.3 Å². The molecule has 1 aromatic carbocycles. The Morgan fingerprint density at radius 3 is 2.53 bits per heavy atom. The smallest absolute Gasteiger partial charge is 0.211 e. The molecule has 0 spiro atoms. The van der Waals surface area contributed by atoms with Crippen LogP contribution in [0.2, 0.25) is 5.02 Å². The molecule has 0 N–H and O–H groups in total. The molecular weight excluding hydrogens is 234 g/mol. The van der Waals surface area contributed by atoms with Gasteiger partial charge in [-0.3, -0.25) is 9.78 Å². The average molecular weight is 246 g/mol. The lowest BCUT2D eigenvalue weighted by Crippen LogP contribution is -2.05. The Bertz CT molecular complexity index is 561. The molecule has 0 saturated carbocycles. The minimum atomic E-state index is -0.0702. The summed E-state index contributed by atoms with van der Waals surface area (Å²) in [5.74, 6) is -0.0702. The van der Waals surface area contributed by atoms with Crippen molar-refractivity contribution in [2.75, 3.05) is 0 Å². The van der Waals surface area contributed by atoms with Crippen LogP contribution < -0.4 is 0 Å². The summed E-state index contributed by atoms with van der Waals surface area (Å²) < 4.78 is 0. The Labute approximate surface area is 105 Å². The van der Waals surface area contributed by atoms with E-state index in [1.54, 1.807) is 12.1 Å². The van der Waals surface area contributed by atoms with Crippen LogP contribution in [-0.4, -0.2) is 10.8 Å². The maximum absolute atomic E-state index is 12.2. The zero-order chi connectivity index (χ0) is 12.4. The van der Waals surface area contributed by atoms with Crippen LogP contribution in [0.5, 0.6) is 0 Å². The van der Waals surface area contributed by atoms with Gasteiger partial charge in [0.1, 0.15) is 5.69 Å². The first-order valence-electron chi connectivity index (χ1n) is 5.31. The lowest BCUT2D eigenvalue weighted by atomic mass is 10.0. The van der Waals surface area contributed by atoms with E-state index in [1.807, 2.05) is 32.0 Å². The molecule has 0 fully saturated rings. The largest absolute Gasteiger partial charge is 0.287 e. The minimum absolute atomic E-state index is 0.0702. The number of aromatic nitrogens is 1. The predicted octanol–water partition coefficient (Wildman–Crippen LogP) is 3.58. The number of hydrogen-bond acceptors (Lipinski definition) is 2. The third-order valence-electron chi connectivity index (χ3n) is 2.59. The molecule has 1 aromatic heterocycles. The van der Waals surface area contributed by atoms with Gasteiger partial charge < -0.3 is 0 Å². The van der Waals surface area contributed by atoms with E-state index < -0.39 is 0 Å². The molecule has 0 aliphatic rings. The molecule has 0 radical (unpaired) electrons. The Balaban J connectivity index is 2.40. The van der Waals surface area contributed by atoms with Gasteiger partial charge in [0, 0.05) is 11.8 Å². The summed E-state index contributed by atoms with van der Waals surface area (Å²) in [5, 5.41) is 0.530. The van der Waals surface area contributed by atoms with E-state index in [9.17, 15) is 4.79 Å². The van der Waals surface area contributed by atoms with Crippen molar-refractivity contribution in [2.24, 2.45) is 0 Å². The van der Waals surface area contributed by atoms with E-state index in [1.165, 1.54) is 6.20 Å². The van der Waals surface area contributed by atoms with Gasteiger partial charge in [0.25, 0.3) is 0 Å². The van der Waals surface area contributed by atoms with Crippen LogP contribution >= 0.6 is 11.6 Å². The number of carbonyl (C=O) groups is 1. The number of hydrogen-bond donors (Lipinski definition) is 0. The quantitative estimate of drug-likeness (QED) is 0.757. The number of halogens is 1. The van der Waals surface area contributed by atoms with Crippen LogP contribution in [-0.2, 0) is 0 Å². The summed E-state index contributed by atoms with van der Waals surface area (Å²) in [4.78, 5) is 16.2. The third kappa shape index (κ3) is 2.53. The van der Waals surface area contributed by atoms with Crippen molar-refractivity contribution in [3.05, 3.63) is 63.9 Å². The Morgan fingerprint density at radius 1 is 1.18 bits per heavy atom. The molecule has 0 bridgehead atoms. The van der Waals surface area contributed by atoms with Crippen LogP contribution in [0.15, 0.2) is 36.5 Å². The van der Waals surface area contributed by atoms with Crippen molar-refractivity contribution in [1.29, 1.82) is 0 Å². The maximum Gasteiger partial charge on any atom is 0.211 e. The minimum Gasteiger partial charge on any atom is -0.287 e. The first-order valence-corrected chi connectivity index (χ1v) is 5.69. The number of carbonyl (C=O) groups excluding carboxylic acids is 1. The molecule has 0 unspecified atom stereocenters. The normalized spacial score (nSPS) is 10.3. The van der Waals surface area contributed by atoms with Gasteiger partial charge in [-0.2, -0.15) is 0 Å². The highest BCUT2D eigenvalue weighted by atomic mass is 35.5. The van der Waals surface area contributed by atoms with Gasteiger partial charge >= 0.3 is 0 Å². The highest BCUT2D eigenvalue weighted by Gasteiger charge is 2.12. The molecule has 17 heavy (non-hydrogen) atoms. The summed E-state index contributed by atoms with van der Waals surface area (Å²) in [6, 6.07) is 9.07. The Morgan fingerprint density at radius 2 is 1.94 bits per heavy atom. The summed E-state index contributed by atoms with van der Waals surface area (Å²) in [7, 11) is 0. The van der Waals surface area contributed by atoms with Gasteiger partial charge in [0.15, 0.2) is 0 Å². The van der Waals surface area contributed by atoms with Crippen LogP contribution in [0.25, 0.3) is 0 Å². The fraction of sp³-hybridized carbons (Fsp3) is 0.143. The first-order chi connectivity index (χ1) is 8.08. The SMILES string of the molecule is Cc1ccc(C(=O)c2ccc(Cl)cn2)c(C)c1. The number of ketones is 1. The third-order valence-corrected chi connectivity index (χ3v) is 2.81. The van der Waals surface area contributed by atoms with Gasteiger partial charge in [-0.1, -0.05) is 35.4 Å². The van der Waals surface area contributed by atoms with Gasteiger partial charge in [0.2, 0.25) is 5.78 Å². The van der Waals surface area contributed by atoms with E-state index >= 15 is 0 Å². The van der Waals surface area contributed by atoms with E-state index in [4.69, 9.17) is 11.6 Å². The van der Waals surface area contributed by atoms with Gasteiger partial charge in [0.05, 0.1) is 5.02 Å². The molecule has 2 nitrogen and oxygen atoms in total. The second-order valence-corrected chi connectivity index (χ2v) is 4.45. The van der Waals surface area contributed by atoms with Gasteiger partial charge in [-0.05, 0) is 31.5 Å². The second-order valence-electron chi connectivity index (χ2n) is 4.01. The topological polar surface area (TPSA) is 30.0 Å². The number of nitrogens with zero attached hydrogens (tertiary/aromatic N) is 1. The first kappa shape index (κ1) is 11.8. The highest BCUT2D eigenvalue weighted by molar-refractivity contribution is 6.30. The number of benzene rings is 1. The maximum atomic E-state index is 12.2. The molecule has 3 heteroatoms. The van der Waals surface area contributed by atoms with Crippen molar-refractivity contribution in [1.82, 2.24) is 4.98 Å². The molecule has 1 heterocycles. The fourth-order valence-corrected chi connectivity index (χ4v) is 1.83. The lowest BCUT2D eigenvalue weighted by Gasteiger charge is -2.05. The van der Waals surface area contributed by atoms with Crippen molar-refractivity contribution in [3.8, 4) is 0 Å². The Hall–Kier alpha value is -1.67. The second kappa shape index (κ2) is 4.68. The molecule has 0 atom stereocenters. The zero-order valence-corrected chi connectivity index (χ0v) is 10.5. The van der Waals surface area contributed by atoms with Crippen LogP contribution in [0.4, 0.5) is 0 Å². The van der Waals surface area contributed by atoms with Crippen molar-refractivity contribution >= 4 is 17.4 Å². The van der Waals surface area contributed by atoms with Crippen molar-refractivity contribution < 1.29 is 4.79 Å². The number of aryl methyl sites for hydroxylation is 2. The molecule has 0 amide bonds. The number of rotatable bonds is 2. The zero-order valence-electron chi connectivity index (χ0n) is 9.70. The Kier molecular flexibility index (Phi) is 3.25. The summed E-state index contributed by atoms with van der Waals surface area (Å²) in [6.45, 7) is 3.93. The molecule has 2 aromatic rings. The summed E-state index contributed by atoms with van der Waals surface area (Å²) in [6.07, 6.45) is 1.48. The van der Waals surface area contributed by atoms with E-state index in [2.05, 4.69) is 4.98 Å². The van der Waals surface area contributed by atoms with E-state index in [0.717, 1.165) is 11.1 Å². The van der Waals surface area contributed by atoms with Crippen LogP contribution in [0.3, 0.4) is 0 Å². The highest BCUT2D eigenvalue weighted by Crippen LogP contribution is 2.15. The fourth-order valence-electron chi connectivity index (χ4n) is 1.72. The summed E-state index contributed by atoms with van der Waals surface area (Å²) in [5.41, 5.74) is 3.21. The standard InChI is InChI=1S/C14H12ClNO/c1-9-3-5-12(10(2)7-9)14(17)13-6-4-11(15)8-16-13/h3-8H,1-2H3. The number of pyridine rings is 1. The molecule has 86 valence electrons. The van der Waals surface area contributed by atoms with Crippen molar-refractivity contribution in [2.45, 2.75) is 13.8 Å².